The van der Waals surface area contributed by atoms with Crippen molar-refractivity contribution in [2.45, 2.75) is 302 Å². The van der Waals surface area contributed by atoms with Crippen molar-refractivity contribution in [3.63, 3.8) is 0 Å². The van der Waals surface area contributed by atoms with E-state index in [1.807, 2.05) is 0 Å². The summed E-state index contributed by atoms with van der Waals surface area (Å²) >= 11 is 0. The number of carbonyl (C=O) groups is 4. The van der Waals surface area contributed by atoms with Crippen molar-refractivity contribution in [2.75, 3.05) is 13.2 Å². The highest BCUT2D eigenvalue weighted by molar-refractivity contribution is 5.74. The van der Waals surface area contributed by atoms with Crippen LogP contribution in [0.5, 0.6) is 0 Å². The molecule has 1 aliphatic rings. The molecule has 0 aromatic carbocycles. The van der Waals surface area contributed by atoms with E-state index in [4.69, 9.17) is 23.7 Å². The van der Waals surface area contributed by atoms with Gasteiger partial charge >= 0.3 is 23.9 Å². The SMILES string of the molecule is CC/C=C\C/C=C\C/C=C\CCCCCCCC(=O)OC1C(OCC(COC(=O)CCCCCCCCC/C=C\CCCCCCCC)OC(=O)CCCCCCC/C=C\C/C=C\CCCCC)OC(C(=O)O)C(O)C1O. The zero-order valence-corrected chi connectivity index (χ0v) is 48.7. The van der Waals surface area contributed by atoms with Crippen molar-refractivity contribution in [3.8, 4) is 0 Å². The monoisotopic (exact) mass is 1080 g/mol. The molecule has 442 valence electrons. The highest BCUT2D eigenvalue weighted by Crippen LogP contribution is 2.26. The van der Waals surface area contributed by atoms with E-state index in [2.05, 4.69) is 93.7 Å². The summed E-state index contributed by atoms with van der Waals surface area (Å²) in [4.78, 5) is 51.2. The molecule has 0 aliphatic carbocycles. The topological polar surface area (TPSA) is 175 Å². The van der Waals surface area contributed by atoms with E-state index in [0.29, 0.717) is 19.3 Å². The highest BCUT2D eigenvalue weighted by Gasteiger charge is 2.50. The highest BCUT2D eigenvalue weighted by atomic mass is 16.7. The Balaban J connectivity index is 2.70. The molecular weight excluding hydrogens is 973 g/mol. The quantitative estimate of drug-likeness (QED) is 0.0228. The Morgan fingerprint density at radius 2 is 0.818 bits per heavy atom. The van der Waals surface area contributed by atoms with Crippen LogP contribution in [0.2, 0.25) is 0 Å². The van der Waals surface area contributed by atoms with Crippen molar-refractivity contribution in [2.24, 2.45) is 0 Å². The minimum atomic E-state index is -1.91. The maximum atomic E-state index is 13.2. The first-order valence-corrected chi connectivity index (χ1v) is 30.9. The number of unbranched alkanes of at least 4 members (excludes halogenated alkanes) is 26. The molecule has 1 rings (SSSR count). The molecule has 0 saturated carbocycles. The van der Waals surface area contributed by atoms with Crippen LogP contribution in [0.1, 0.15) is 265 Å². The first kappa shape index (κ1) is 71.2. The summed E-state index contributed by atoms with van der Waals surface area (Å²) in [5, 5.41) is 31.5. The number of ether oxygens (including phenoxy) is 5. The molecule has 6 unspecified atom stereocenters. The molecule has 1 fully saturated rings. The molecule has 77 heavy (non-hydrogen) atoms. The Labute approximate surface area is 468 Å². The molecule has 1 saturated heterocycles. The summed E-state index contributed by atoms with van der Waals surface area (Å²) in [6.07, 6.45) is 54.3. The Bertz CT molecular complexity index is 1620. The lowest BCUT2D eigenvalue weighted by Gasteiger charge is -2.40. The molecule has 12 nitrogen and oxygen atoms in total. The average Bonchev–Trinajstić information content (AvgIpc) is 3.43. The maximum absolute atomic E-state index is 13.2. The molecule has 0 amide bonds. The van der Waals surface area contributed by atoms with Gasteiger partial charge in [0.25, 0.3) is 0 Å². The molecule has 12 heteroatoms. The second-order valence-corrected chi connectivity index (χ2v) is 20.9. The van der Waals surface area contributed by atoms with Crippen LogP contribution in [0.4, 0.5) is 0 Å². The van der Waals surface area contributed by atoms with E-state index in [1.165, 1.54) is 83.5 Å². The lowest BCUT2D eigenvalue weighted by Crippen LogP contribution is -2.61. The van der Waals surface area contributed by atoms with Crippen LogP contribution < -0.4 is 0 Å². The van der Waals surface area contributed by atoms with Crippen molar-refractivity contribution in [1.29, 1.82) is 0 Å². The van der Waals surface area contributed by atoms with E-state index < -0.39 is 67.3 Å². The normalized spacial score (nSPS) is 18.5. The minimum Gasteiger partial charge on any atom is -0.479 e. The third kappa shape index (κ3) is 42.7. The molecule has 0 spiro atoms. The number of carbonyl (C=O) groups excluding carboxylic acids is 3. The van der Waals surface area contributed by atoms with Crippen molar-refractivity contribution in [1.82, 2.24) is 0 Å². The van der Waals surface area contributed by atoms with Crippen LogP contribution in [0.3, 0.4) is 0 Å². The molecular formula is C65H110O12. The van der Waals surface area contributed by atoms with Gasteiger partial charge in [-0.3, -0.25) is 14.4 Å². The van der Waals surface area contributed by atoms with E-state index in [-0.39, 0.29) is 25.9 Å². The fourth-order valence-corrected chi connectivity index (χ4v) is 9.00. The van der Waals surface area contributed by atoms with Gasteiger partial charge in [0.1, 0.15) is 18.8 Å². The second kappa shape index (κ2) is 52.8. The van der Waals surface area contributed by atoms with Crippen LogP contribution >= 0.6 is 0 Å². The van der Waals surface area contributed by atoms with Crippen LogP contribution in [0, 0.1) is 0 Å². The number of aliphatic carboxylic acids is 1. The number of esters is 3. The smallest absolute Gasteiger partial charge is 0.335 e. The summed E-state index contributed by atoms with van der Waals surface area (Å²) in [6.45, 7) is 5.84. The summed E-state index contributed by atoms with van der Waals surface area (Å²) < 4.78 is 28.4. The first-order valence-electron chi connectivity index (χ1n) is 30.9. The Kier molecular flexibility index (Phi) is 48.8. The molecule has 0 aromatic heterocycles. The molecule has 0 bridgehead atoms. The summed E-state index contributed by atoms with van der Waals surface area (Å²) in [5.41, 5.74) is 0. The Hall–Kier alpha value is -3.84. The number of aliphatic hydroxyl groups excluding tert-OH is 2. The molecule has 0 radical (unpaired) electrons. The van der Waals surface area contributed by atoms with Gasteiger partial charge in [0.2, 0.25) is 0 Å². The van der Waals surface area contributed by atoms with Gasteiger partial charge in [0.05, 0.1) is 6.61 Å². The van der Waals surface area contributed by atoms with Crippen molar-refractivity contribution >= 4 is 23.9 Å². The van der Waals surface area contributed by atoms with E-state index >= 15 is 0 Å². The van der Waals surface area contributed by atoms with Crippen molar-refractivity contribution < 1.29 is 58.2 Å². The summed E-state index contributed by atoms with van der Waals surface area (Å²) in [6, 6.07) is 0. The van der Waals surface area contributed by atoms with E-state index in [0.717, 1.165) is 122 Å². The molecule has 1 aliphatic heterocycles. The van der Waals surface area contributed by atoms with Gasteiger partial charge in [0.15, 0.2) is 24.6 Å². The number of carboxylic acids is 1. The van der Waals surface area contributed by atoms with Gasteiger partial charge in [-0.05, 0) is 109 Å². The number of carboxylic acid groups (broad SMARTS) is 1. The largest absolute Gasteiger partial charge is 0.479 e. The number of rotatable bonds is 52. The average molecular weight is 1080 g/mol. The lowest BCUT2D eigenvalue weighted by atomic mass is 9.98. The van der Waals surface area contributed by atoms with Crippen molar-refractivity contribution in [3.05, 3.63) is 72.9 Å². The maximum Gasteiger partial charge on any atom is 0.335 e. The van der Waals surface area contributed by atoms with Gasteiger partial charge in [-0.1, -0.05) is 209 Å². The Morgan fingerprint density at radius 3 is 1.29 bits per heavy atom. The zero-order chi connectivity index (χ0) is 56.1. The Morgan fingerprint density at radius 1 is 0.442 bits per heavy atom. The predicted octanol–water partition coefficient (Wildman–Crippen LogP) is 16.1. The van der Waals surface area contributed by atoms with Crippen LogP contribution in [-0.4, -0.2) is 89.2 Å². The van der Waals surface area contributed by atoms with Gasteiger partial charge in [0, 0.05) is 19.3 Å². The molecule has 6 atom stereocenters. The third-order valence-corrected chi connectivity index (χ3v) is 13.7. The summed E-state index contributed by atoms with van der Waals surface area (Å²) in [5.74, 6) is -3.16. The third-order valence-electron chi connectivity index (χ3n) is 13.7. The van der Waals surface area contributed by atoms with Gasteiger partial charge in [-0.15, -0.1) is 0 Å². The van der Waals surface area contributed by atoms with Gasteiger partial charge < -0.3 is 39.0 Å². The fraction of sp³-hybridized carbons (Fsp3) is 0.754. The van der Waals surface area contributed by atoms with Gasteiger partial charge in [-0.2, -0.15) is 0 Å². The number of hydrogen-bond acceptors (Lipinski definition) is 11. The van der Waals surface area contributed by atoms with Gasteiger partial charge in [-0.25, -0.2) is 4.79 Å². The second-order valence-electron chi connectivity index (χ2n) is 20.9. The molecule has 1 heterocycles. The summed E-state index contributed by atoms with van der Waals surface area (Å²) in [7, 11) is 0. The standard InChI is InChI=1S/C65H110O12/c1-4-7-10-13-16-19-22-25-28-29-32-33-36-39-42-45-48-51-57(66)73-54-56(75-58(67)52-49-46-43-40-37-34-30-26-23-20-17-14-11-8-5-2)55-74-65-63(61(70)60(69)62(77-65)64(71)72)76-59(68)53-50-47-44-41-38-35-31-27-24-21-18-15-12-9-6-3/h9,12,17-18,20-21,25-28,30-31,56,60-63,65,69-70H,4-8,10-11,13-16,19,22-24,29,32-55H2,1-3H3,(H,71,72)/b12-9-,20-17-,21-18-,28-25-,30-26-,31-27-. The predicted molar refractivity (Wildman–Crippen MR) is 312 cm³/mol. The van der Waals surface area contributed by atoms with Crippen LogP contribution in [0.25, 0.3) is 0 Å². The number of aliphatic hydroxyl groups is 2. The van der Waals surface area contributed by atoms with Crippen LogP contribution in [0.15, 0.2) is 72.9 Å². The number of allylic oxidation sites excluding steroid dienone is 12. The minimum absolute atomic E-state index is 0.0374. The van der Waals surface area contributed by atoms with Crippen LogP contribution in [-0.2, 0) is 42.9 Å². The first-order chi connectivity index (χ1) is 37.6. The lowest BCUT2D eigenvalue weighted by molar-refractivity contribution is -0.301. The molecule has 0 aromatic rings. The zero-order valence-electron chi connectivity index (χ0n) is 48.7. The number of hydrogen-bond donors (Lipinski definition) is 3. The fourth-order valence-electron chi connectivity index (χ4n) is 9.00. The van der Waals surface area contributed by atoms with E-state index in [9.17, 15) is 34.5 Å². The van der Waals surface area contributed by atoms with E-state index in [1.54, 1.807) is 0 Å². The molecule has 3 N–H and O–H groups in total.